The lowest BCUT2D eigenvalue weighted by atomic mass is 10.2. The molecule has 0 atom stereocenters. The summed E-state index contributed by atoms with van der Waals surface area (Å²) in [5, 5.41) is 10.7. The predicted molar refractivity (Wildman–Crippen MR) is 76.2 cm³/mol. The Labute approximate surface area is 117 Å². The monoisotopic (exact) mass is 274 g/mol. The van der Waals surface area contributed by atoms with E-state index in [9.17, 15) is 4.79 Å². The highest BCUT2D eigenvalue weighted by Gasteiger charge is 2.07. The molecule has 1 amide bonds. The number of anilines is 1. The van der Waals surface area contributed by atoms with Gasteiger partial charge in [-0.25, -0.2) is 0 Å². The molecule has 1 N–H and O–H groups in total. The van der Waals surface area contributed by atoms with Crippen LogP contribution in [-0.2, 0) is 16.6 Å². The Balaban J connectivity index is 2.07. The van der Waals surface area contributed by atoms with E-state index in [0.717, 1.165) is 11.4 Å². The van der Waals surface area contributed by atoms with Crippen LogP contribution < -0.4 is 5.32 Å². The summed E-state index contributed by atoms with van der Waals surface area (Å²) in [6.45, 7) is 3.83. The zero-order valence-electron chi connectivity index (χ0n) is 11.8. The average molecular weight is 274 g/mol. The Morgan fingerprint density at radius 3 is 2.90 bits per heavy atom. The van der Waals surface area contributed by atoms with Gasteiger partial charge < -0.3 is 14.6 Å². The van der Waals surface area contributed by atoms with Crippen LogP contribution in [0.1, 0.15) is 13.8 Å². The van der Waals surface area contributed by atoms with E-state index in [-0.39, 0.29) is 18.6 Å². The number of hydrogen-bond acceptors (Lipinski definition) is 4. The van der Waals surface area contributed by atoms with Gasteiger partial charge in [-0.2, -0.15) is 0 Å². The largest absolute Gasteiger partial charge is 0.369 e. The molecule has 0 aliphatic heterocycles. The molecule has 0 saturated carbocycles. The van der Waals surface area contributed by atoms with Crippen LogP contribution in [0.4, 0.5) is 5.69 Å². The van der Waals surface area contributed by atoms with E-state index in [4.69, 9.17) is 4.74 Å². The number of nitrogens with one attached hydrogen (secondary N) is 1. The fourth-order valence-corrected chi connectivity index (χ4v) is 1.72. The molecule has 20 heavy (non-hydrogen) atoms. The molecule has 6 heteroatoms. The molecule has 1 aromatic carbocycles. The van der Waals surface area contributed by atoms with Crippen LogP contribution >= 0.6 is 0 Å². The molecule has 0 aliphatic rings. The summed E-state index contributed by atoms with van der Waals surface area (Å²) in [7, 11) is 1.87. The van der Waals surface area contributed by atoms with Gasteiger partial charge in [-0.3, -0.25) is 4.79 Å². The minimum absolute atomic E-state index is 0.0331. The molecule has 2 aromatic rings. The van der Waals surface area contributed by atoms with Crippen molar-refractivity contribution in [1.82, 2.24) is 14.8 Å². The van der Waals surface area contributed by atoms with E-state index >= 15 is 0 Å². The Morgan fingerprint density at radius 1 is 1.45 bits per heavy atom. The molecular weight excluding hydrogens is 256 g/mol. The van der Waals surface area contributed by atoms with E-state index in [2.05, 4.69) is 15.5 Å². The zero-order chi connectivity index (χ0) is 14.5. The van der Waals surface area contributed by atoms with Gasteiger partial charge in [0.1, 0.15) is 12.9 Å². The number of hydrogen-bond donors (Lipinski definition) is 1. The first-order valence-corrected chi connectivity index (χ1v) is 6.42. The van der Waals surface area contributed by atoms with Crippen LogP contribution in [0, 0.1) is 0 Å². The van der Waals surface area contributed by atoms with E-state index < -0.39 is 0 Å². The van der Waals surface area contributed by atoms with E-state index in [0.29, 0.717) is 5.69 Å². The Kier molecular flexibility index (Phi) is 4.47. The van der Waals surface area contributed by atoms with Crippen molar-refractivity contribution in [1.29, 1.82) is 0 Å². The van der Waals surface area contributed by atoms with Gasteiger partial charge in [0.2, 0.25) is 5.91 Å². The average Bonchev–Trinajstić information content (AvgIpc) is 2.83. The predicted octanol–water partition coefficient (Wildman–Crippen LogP) is 1.85. The second-order valence-corrected chi connectivity index (χ2v) is 4.75. The lowest BCUT2D eigenvalue weighted by Crippen LogP contribution is -2.20. The van der Waals surface area contributed by atoms with Crippen molar-refractivity contribution in [3.8, 4) is 11.4 Å². The molecular formula is C14H18N4O2. The molecule has 0 saturated heterocycles. The molecule has 6 nitrogen and oxygen atoms in total. The molecule has 1 heterocycles. The lowest BCUT2D eigenvalue weighted by molar-refractivity contribution is -0.121. The van der Waals surface area contributed by atoms with E-state index in [1.807, 2.05) is 49.7 Å². The molecule has 106 valence electrons. The van der Waals surface area contributed by atoms with Gasteiger partial charge in [0.05, 0.1) is 6.10 Å². The molecule has 2 rings (SSSR count). The Bertz CT molecular complexity index is 592. The van der Waals surface area contributed by atoms with Gasteiger partial charge in [-0.15, -0.1) is 10.2 Å². The fraction of sp³-hybridized carbons (Fsp3) is 0.357. The van der Waals surface area contributed by atoms with Gasteiger partial charge >= 0.3 is 0 Å². The minimum atomic E-state index is -0.172. The first-order chi connectivity index (χ1) is 9.56. The second-order valence-electron chi connectivity index (χ2n) is 4.75. The highest BCUT2D eigenvalue weighted by molar-refractivity contribution is 5.92. The quantitative estimate of drug-likeness (QED) is 0.903. The smallest absolute Gasteiger partial charge is 0.250 e. The normalized spacial score (nSPS) is 10.8. The number of aromatic nitrogens is 3. The SMILES string of the molecule is CC(C)OCC(=O)Nc1cccc(-c2nncn2C)c1. The highest BCUT2D eigenvalue weighted by Crippen LogP contribution is 2.19. The Hall–Kier alpha value is -2.21. The summed E-state index contributed by atoms with van der Waals surface area (Å²) in [5.41, 5.74) is 1.61. The third-order valence-electron chi connectivity index (χ3n) is 2.66. The number of carbonyl (C=O) groups is 1. The van der Waals surface area contributed by atoms with Crippen molar-refractivity contribution >= 4 is 11.6 Å². The summed E-state index contributed by atoms with van der Waals surface area (Å²) >= 11 is 0. The molecule has 1 aromatic heterocycles. The molecule has 0 bridgehead atoms. The first kappa shape index (κ1) is 14.2. The van der Waals surface area contributed by atoms with Crippen LogP contribution in [0.15, 0.2) is 30.6 Å². The standard InChI is InChI=1S/C14H18N4O2/c1-10(2)20-8-13(19)16-12-6-4-5-11(7-12)14-17-15-9-18(14)3/h4-7,9-10H,8H2,1-3H3,(H,16,19). The van der Waals surface area contributed by atoms with Crippen LogP contribution in [-0.4, -0.2) is 33.4 Å². The van der Waals surface area contributed by atoms with Crippen molar-refractivity contribution in [3.05, 3.63) is 30.6 Å². The number of nitrogens with zero attached hydrogens (tertiary/aromatic N) is 3. The fourth-order valence-electron chi connectivity index (χ4n) is 1.72. The van der Waals surface area contributed by atoms with Crippen LogP contribution in [0.3, 0.4) is 0 Å². The van der Waals surface area contributed by atoms with Gasteiger partial charge in [0, 0.05) is 18.3 Å². The maximum absolute atomic E-state index is 11.7. The lowest BCUT2D eigenvalue weighted by Gasteiger charge is -2.09. The minimum Gasteiger partial charge on any atom is -0.369 e. The second kappa shape index (κ2) is 6.29. The van der Waals surface area contributed by atoms with Gasteiger partial charge in [-0.05, 0) is 26.0 Å². The highest BCUT2D eigenvalue weighted by atomic mass is 16.5. The van der Waals surface area contributed by atoms with Crippen molar-refractivity contribution in [2.75, 3.05) is 11.9 Å². The van der Waals surface area contributed by atoms with Crippen molar-refractivity contribution < 1.29 is 9.53 Å². The number of carbonyl (C=O) groups excluding carboxylic acids is 1. The van der Waals surface area contributed by atoms with Crippen molar-refractivity contribution in [3.63, 3.8) is 0 Å². The van der Waals surface area contributed by atoms with Crippen molar-refractivity contribution in [2.45, 2.75) is 20.0 Å². The van der Waals surface area contributed by atoms with Gasteiger partial charge in [0.25, 0.3) is 0 Å². The number of rotatable bonds is 5. The third kappa shape index (κ3) is 3.64. The maximum atomic E-state index is 11.7. The van der Waals surface area contributed by atoms with E-state index in [1.54, 1.807) is 6.33 Å². The summed E-state index contributed by atoms with van der Waals surface area (Å²) in [6.07, 6.45) is 1.67. The van der Waals surface area contributed by atoms with Crippen LogP contribution in [0.2, 0.25) is 0 Å². The summed E-state index contributed by atoms with van der Waals surface area (Å²) in [4.78, 5) is 11.7. The summed E-state index contributed by atoms with van der Waals surface area (Å²) in [5.74, 6) is 0.577. The zero-order valence-corrected chi connectivity index (χ0v) is 11.8. The third-order valence-corrected chi connectivity index (χ3v) is 2.66. The first-order valence-electron chi connectivity index (χ1n) is 6.42. The maximum Gasteiger partial charge on any atom is 0.250 e. The molecule has 0 unspecified atom stereocenters. The summed E-state index contributed by atoms with van der Waals surface area (Å²) in [6, 6.07) is 7.47. The van der Waals surface area contributed by atoms with Crippen LogP contribution in [0.5, 0.6) is 0 Å². The topological polar surface area (TPSA) is 69.0 Å². The molecule has 0 fully saturated rings. The molecule has 0 aliphatic carbocycles. The van der Waals surface area contributed by atoms with Crippen LogP contribution in [0.25, 0.3) is 11.4 Å². The molecule has 0 spiro atoms. The number of amides is 1. The van der Waals surface area contributed by atoms with Gasteiger partial charge in [-0.1, -0.05) is 12.1 Å². The van der Waals surface area contributed by atoms with E-state index in [1.165, 1.54) is 0 Å². The van der Waals surface area contributed by atoms with Gasteiger partial charge in [0.15, 0.2) is 5.82 Å². The number of ether oxygens (including phenoxy) is 1. The van der Waals surface area contributed by atoms with Crippen molar-refractivity contribution in [2.24, 2.45) is 7.05 Å². The summed E-state index contributed by atoms with van der Waals surface area (Å²) < 4.78 is 7.08. The number of benzene rings is 1. The Morgan fingerprint density at radius 2 is 2.25 bits per heavy atom. The number of aryl methyl sites for hydroxylation is 1. The molecule has 0 radical (unpaired) electrons.